The molecule has 0 unspecified atom stereocenters. The molecule has 1 fully saturated rings. The first-order valence-corrected chi connectivity index (χ1v) is 7.66. The number of rotatable bonds is 3. The predicted octanol–water partition coefficient (Wildman–Crippen LogP) is 4.86. The number of phenols is 1. The standard InChI is InChI=1S/C18H17F4NO/c1-9-4-11(10-2-3-10)7-15(24)16(9)12-5-13(8-23)17(19)14(6-12)18(20,21)22/h4-7,10,24H,2-3,8,23H2,1H3. The van der Waals surface area contributed by atoms with Crippen LogP contribution in [0.3, 0.4) is 0 Å². The lowest BCUT2D eigenvalue weighted by Crippen LogP contribution is -2.12. The molecule has 6 heteroatoms. The van der Waals surface area contributed by atoms with Gasteiger partial charge in [0.25, 0.3) is 0 Å². The Morgan fingerprint density at radius 1 is 1.17 bits per heavy atom. The fraction of sp³-hybridized carbons (Fsp3) is 0.333. The Balaban J connectivity index is 2.19. The second kappa shape index (κ2) is 5.77. The van der Waals surface area contributed by atoms with Crippen LogP contribution in [0.5, 0.6) is 5.75 Å². The lowest BCUT2D eigenvalue weighted by atomic mass is 9.93. The van der Waals surface area contributed by atoms with Gasteiger partial charge >= 0.3 is 6.18 Å². The van der Waals surface area contributed by atoms with Crippen LogP contribution in [-0.4, -0.2) is 5.11 Å². The quantitative estimate of drug-likeness (QED) is 0.784. The lowest BCUT2D eigenvalue weighted by molar-refractivity contribution is -0.140. The maximum atomic E-state index is 14.0. The van der Waals surface area contributed by atoms with Gasteiger partial charge in [0.1, 0.15) is 11.6 Å². The Labute approximate surface area is 136 Å². The van der Waals surface area contributed by atoms with E-state index in [0.29, 0.717) is 11.5 Å². The van der Waals surface area contributed by atoms with Crippen LogP contribution in [0.15, 0.2) is 24.3 Å². The molecule has 2 aromatic rings. The Hall–Kier alpha value is -2.08. The van der Waals surface area contributed by atoms with E-state index in [1.54, 1.807) is 13.0 Å². The number of nitrogens with two attached hydrogens (primary N) is 1. The van der Waals surface area contributed by atoms with Crippen molar-refractivity contribution in [2.75, 3.05) is 0 Å². The Kier molecular flexibility index (Phi) is 4.03. The summed E-state index contributed by atoms with van der Waals surface area (Å²) in [5.74, 6) is -1.05. The third-order valence-corrected chi connectivity index (χ3v) is 4.35. The molecule has 1 saturated carbocycles. The molecule has 3 rings (SSSR count). The molecule has 1 aliphatic rings. The van der Waals surface area contributed by atoms with Crippen LogP contribution < -0.4 is 5.73 Å². The van der Waals surface area contributed by atoms with Gasteiger partial charge in [-0.05, 0) is 60.6 Å². The first-order valence-electron chi connectivity index (χ1n) is 7.66. The molecule has 0 aliphatic heterocycles. The highest BCUT2D eigenvalue weighted by molar-refractivity contribution is 5.75. The summed E-state index contributed by atoms with van der Waals surface area (Å²) in [6.45, 7) is 1.36. The van der Waals surface area contributed by atoms with Gasteiger partial charge in [0.05, 0.1) is 5.56 Å². The molecule has 0 heterocycles. The van der Waals surface area contributed by atoms with Crippen LogP contribution in [-0.2, 0) is 12.7 Å². The van der Waals surface area contributed by atoms with Crippen LogP contribution in [0, 0.1) is 12.7 Å². The highest BCUT2D eigenvalue weighted by atomic mass is 19.4. The van der Waals surface area contributed by atoms with E-state index in [2.05, 4.69) is 0 Å². The minimum atomic E-state index is -4.83. The van der Waals surface area contributed by atoms with Crippen molar-refractivity contribution in [2.45, 2.75) is 38.4 Å². The SMILES string of the molecule is Cc1cc(C2CC2)cc(O)c1-c1cc(CN)c(F)c(C(F)(F)F)c1. The van der Waals surface area contributed by atoms with Crippen LogP contribution in [0.25, 0.3) is 11.1 Å². The largest absolute Gasteiger partial charge is 0.507 e. The van der Waals surface area contributed by atoms with Crippen molar-refractivity contribution in [3.05, 3.63) is 52.3 Å². The topological polar surface area (TPSA) is 46.2 Å². The average Bonchev–Trinajstić information content (AvgIpc) is 3.31. The summed E-state index contributed by atoms with van der Waals surface area (Å²) >= 11 is 0. The Morgan fingerprint density at radius 3 is 2.33 bits per heavy atom. The maximum Gasteiger partial charge on any atom is 0.419 e. The summed E-state index contributed by atoms with van der Waals surface area (Å²) in [5.41, 5.74) is 5.81. The van der Waals surface area contributed by atoms with Crippen molar-refractivity contribution < 1.29 is 22.7 Å². The first-order chi connectivity index (χ1) is 11.2. The molecule has 2 nitrogen and oxygen atoms in total. The smallest absolute Gasteiger partial charge is 0.419 e. The molecule has 0 radical (unpaired) electrons. The van der Waals surface area contributed by atoms with E-state index < -0.39 is 17.6 Å². The minimum absolute atomic E-state index is 0.0976. The third-order valence-electron chi connectivity index (χ3n) is 4.35. The van der Waals surface area contributed by atoms with Gasteiger partial charge in [0.15, 0.2) is 0 Å². The van der Waals surface area contributed by atoms with Gasteiger partial charge in [-0.3, -0.25) is 0 Å². The number of aromatic hydroxyl groups is 1. The van der Waals surface area contributed by atoms with Gasteiger partial charge in [-0.1, -0.05) is 6.07 Å². The summed E-state index contributed by atoms with van der Waals surface area (Å²) < 4.78 is 53.3. The number of hydrogen-bond donors (Lipinski definition) is 2. The van der Waals surface area contributed by atoms with Crippen molar-refractivity contribution in [3.63, 3.8) is 0 Å². The van der Waals surface area contributed by atoms with Gasteiger partial charge in [-0.2, -0.15) is 13.2 Å². The van der Waals surface area contributed by atoms with Crippen molar-refractivity contribution in [1.82, 2.24) is 0 Å². The van der Waals surface area contributed by atoms with Gasteiger partial charge < -0.3 is 10.8 Å². The summed E-state index contributed by atoms with van der Waals surface area (Å²) in [5, 5.41) is 10.3. The molecule has 3 N–H and O–H groups in total. The van der Waals surface area contributed by atoms with Crippen LogP contribution in [0.4, 0.5) is 17.6 Å². The fourth-order valence-electron chi connectivity index (χ4n) is 3.01. The Morgan fingerprint density at radius 2 is 1.83 bits per heavy atom. The molecule has 0 amide bonds. The van der Waals surface area contributed by atoms with E-state index in [1.165, 1.54) is 6.07 Å². The highest BCUT2D eigenvalue weighted by Crippen LogP contribution is 2.45. The predicted molar refractivity (Wildman–Crippen MR) is 83.1 cm³/mol. The first kappa shape index (κ1) is 16.8. The van der Waals surface area contributed by atoms with E-state index in [1.807, 2.05) is 6.07 Å². The van der Waals surface area contributed by atoms with Crippen molar-refractivity contribution >= 4 is 0 Å². The number of benzene rings is 2. The summed E-state index contributed by atoms with van der Waals surface area (Å²) in [6.07, 6.45) is -2.74. The number of hydrogen-bond acceptors (Lipinski definition) is 2. The monoisotopic (exact) mass is 339 g/mol. The van der Waals surface area contributed by atoms with Crippen LogP contribution in [0.1, 0.15) is 41.0 Å². The van der Waals surface area contributed by atoms with Gasteiger partial charge in [0.2, 0.25) is 0 Å². The zero-order valence-electron chi connectivity index (χ0n) is 13.0. The molecule has 24 heavy (non-hydrogen) atoms. The number of halogens is 4. The highest BCUT2D eigenvalue weighted by Gasteiger charge is 2.36. The maximum absolute atomic E-state index is 14.0. The van der Waals surface area contributed by atoms with Crippen LogP contribution in [0.2, 0.25) is 0 Å². The van der Waals surface area contributed by atoms with Crippen molar-refractivity contribution in [2.24, 2.45) is 5.73 Å². The Bertz CT molecular complexity index is 771. The molecule has 0 atom stereocenters. The summed E-state index contributed by atoms with van der Waals surface area (Å²) in [6, 6.07) is 5.45. The van der Waals surface area contributed by atoms with E-state index in [4.69, 9.17) is 5.73 Å². The van der Waals surface area contributed by atoms with E-state index in [0.717, 1.165) is 24.5 Å². The molecule has 0 aromatic heterocycles. The minimum Gasteiger partial charge on any atom is -0.507 e. The fourth-order valence-corrected chi connectivity index (χ4v) is 3.01. The zero-order valence-corrected chi connectivity index (χ0v) is 13.0. The number of aryl methyl sites for hydroxylation is 1. The molecular weight excluding hydrogens is 322 g/mol. The lowest BCUT2D eigenvalue weighted by Gasteiger charge is -2.16. The van der Waals surface area contributed by atoms with Crippen molar-refractivity contribution in [3.8, 4) is 16.9 Å². The molecular formula is C18H17F4NO. The second-order valence-corrected chi connectivity index (χ2v) is 6.20. The molecule has 2 aromatic carbocycles. The molecule has 128 valence electrons. The van der Waals surface area contributed by atoms with E-state index in [-0.39, 0.29) is 29.0 Å². The van der Waals surface area contributed by atoms with Gasteiger partial charge in [-0.15, -0.1) is 0 Å². The molecule has 0 saturated heterocycles. The molecule has 1 aliphatic carbocycles. The van der Waals surface area contributed by atoms with Gasteiger partial charge in [-0.25, -0.2) is 4.39 Å². The second-order valence-electron chi connectivity index (χ2n) is 6.20. The molecule has 0 bridgehead atoms. The van der Waals surface area contributed by atoms with E-state index >= 15 is 0 Å². The van der Waals surface area contributed by atoms with E-state index in [9.17, 15) is 22.7 Å². The number of phenolic OH excluding ortho intramolecular Hbond substituents is 1. The van der Waals surface area contributed by atoms with Crippen LogP contribution >= 0.6 is 0 Å². The third kappa shape index (κ3) is 2.98. The normalized spacial score (nSPS) is 14.9. The number of alkyl halides is 3. The molecule has 0 spiro atoms. The summed E-state index contributed by atoms with van der Waals surface area (Å²) in [4.78, 5) is 0. The van der Waals surface area contributed by atoms with Gasteiger partial charge in [0, 0.05) is 17.7 Å². The van der Waals surface area contributed by atoms with Crippen molar-refractivity contribution in [1.29, 1.82) is 0 Å². The average molecular weight is 339 g/mol. The zero-order chi connectivity index (χ0) is 17.6. The summed E-state index contributed by atoms with van der Waals surface area (Å²) in [7, 11) is 0.